The summed E-state index contributed by atoms with van der Waals surface area (Å²) in [6.45, 7) is 1.14. The second-order valence-corrected chi connectivity index (χ2v) is 5.14. The van der Waals surface area contributed by atoms with Crippen molar-refractivity contribution in [2.24, 2.45) is 0 Å². The summed E-state index contributed by atoms with van der Waals surface area (Å²) in [5.74, 6) is 0.946. The van der Waals surface area contributed by atoms with Crippen molar-refractivity contribution in [1.29, 1.82) is 0 Å². The molecule has 0 saturated carbocycles. The number of benzene rings is 2. The van der Waals surface area contributed by atoms with Crippen LogP contribution in [0.1, 0.15) is 21.8 Å². The smallest absolute Gasteiger partial charge is 0.252 e. The predicted octanol–water partition coefficient (Wildman–Crippen LogP) is 3.25. The van der Waals surface area contributed by atoms with E-state index in [-0.39, 0.29) is 11.8 Å². The first-order valence-electron chi connectivity index (χ1n) is 6.50. The average Bonchev–Trinajstić information content (AvgIpc) is 2.88. The van der Waals surface area contributed by atoms with Crippen molar-refractivity contribution in [2.75, 3.05) is 13.2 Å². The van der Waals surface area contributed by atoms with Crippen LogP contribution in [0, 0.1) is 0 Å². The number of rotatable bonds is 3. The van der Waals surface area contributed by atoms with E-state index in [0.717, 1.165) is 11.3 Å². The first-order chi connectivity index (χ1) is 9.75. The lowest BCUT2D eigenvalue weighted by Crippen LogP contribution is -2.29. The molecule has 0 spiro atoms. The first-order valence-corrected chi connectivity index (χ1v) is 6.88. The maximum Gasteiger partial charge on any atom is 0.252 e. The SMILES string of the molecule is O=C(NC[C@@H]1COc2ccccc21)c1ccccc1Cl. The van der Waals surface area contributed by atoms with Crippen molar-refractivity contribution in [1.82, 2.24) is 5.32 Å². The van der Waals surface area contributed by atoms with Crippen molar-refractivity contribution >= 4 is 17.5 Å². The fourth-order valence-electron chi connectivity index (χ4n) is 2.35. The zero-order valence-electron chi connectivity index (χ0n) is 10.8. The molecule has 1 aliphatic heterocycles. The van der Waals surface area contributed by atoms with Crippen molar-refractivity contribution in [2.45, 2.75) is 5.92 Å². The lowest BCUT2D eigenvalue weighted by Gasteiger charge is -2.11. The van der Waals surface area contributed by atoms with Crippen LogP contribution in [0.5, 0.6) is 5.75 Å². The van der Waals surface area contributed by atoms with Crippen molar-refractivity contribution in [3.05, 3.63) is 64.7 Å². The molecular weight excluding hydrogens is 274 g/mol. The summed E-state index contributed by atoms with van der Waals surface area (Å²) >= 11 is 6.01. The van der Waals surface area contributed by atoms with Gasteiger partial charge < -0.3 is 10.1 Å². The zero-order chi connectivity index (χ0) is 13.9. The third-order valence-corrected chi connectivity index (χ3v) is 3.76. The normalized spacial score (nSPS) is 16.4. The van der Waals surface area contributed by atoms with Crippen molar-refractivity contribution in [3.63, 3.8) is 0 Å². The van der Waals surface area contributed by atoms with Crippen LogP contribution in [0.3, 0.4) is 0 Å². The van der Waals surface area contributed by atoms with E-state index in [1.165, 1.54) is 0 Å². The van der Waals surface area contributed by atoms with Gasteiger partial charge >= 0.3 is 0 Å². The molecule has 0 fully saturated rings. The number of nitrogens with one attached hydrogen (secondary N) is 1. The average molecular weight is 288 g/mol. The molecule has 2 aromatic carbocycles. The Morgan fingerprint density at radius 3 is 2.80 bits per heavy atom. The molecule has 4 heteroatoms. The van der Waals surface area contributed by atoms with E-state index in [9.17, 15) is 4.79 Å². The molecule has 0 radical (unpaired) electrons. The Balaban J connectivity index is 1.67. The third kappa shape index (κ3) is 2.49. The van der Waals surface area contributed by atoms with Gasteiger partial charge in [0.25, 0.3) is 5.91 Å². The largest absolute Gasteiger partial charge is 0.493 e. The van der Waals surface area contributed by atoms with Gasteiger partial charge in [0.05, 0.1) is 17.2 Å². The number of carbonyl (C=O) groups is 1. The summed E-state index contributed by atoms with van der Waals surface area (Å²) in [7, 11) is 0. The highest BCUT2D eigenvalue weighted by Gasteiger charge is 2.24. The Morgan fingerprint density at radius 2 is 1.95 bits per heavy atom. The van der Waals surface area contributed by atoms with Crippen molar-refractivity contribution in [3.8, 4) is 5.75 Å². The molecule has 1 N–H and O–H groups in total. The van der Waals surface area contributed by atoms with E-state index >= 15 is 0 Å². The van der Waals surface area contributed by atoms with E-state index in [1.54, 1.807) is 24.3 Å². The number of hydrogen-bond donors (Lipinski definition) is 1. The fourth-order valence-corrected chi connectivity index (χ4v) is 2.58. The predicted molar refractivity (Wildman–Crippen MR) is 78.5 cm³/mol. The minimum absolute atomic E-state index is 0.153. The zero-order valence-corrected chi connectivity index (χ0v) is 11.6. The van der Waals surface area contributed by atoms with Crippen LogP contribution in [0.2, 0.25) is 5.02 Å². The molecule has 3 nitrogen and oxygen atoms in total. The second kappa shape index (κ2) is 5.55. The number of fused-ring (bicyclic) bond motifs is 1. The topological polar surface area (TPSA) is 38.3 Å². The fraction of sp³-hybridized carbons (Fsp3) is 0.188. The van der Waals surface area contributed by atoms with Crippen LogP contribution in [0.15, 0.2) is 48.5 Å². The van der Waals surface area contributed by atoms with E-state index in [1.807, 2.05) is 24.3 Å². The summed E-state index contributed by atoms with van der Waals surface area (Å²) in [6, 6.07) is 15.0. The summed E-state index contributed by atoms with van der Waals surface area (Å²) in [4.78, 5) is 12.1. The van der Waals surface area contributed by atoms with Crippen LogP contribution >= 0.6 is 11.6 Å². The molecule has 3 rings (SSSR count). The first kappa shape index (κ1) is 13.0. The Bertz CT molecular complexity index is 642. The maximum absolute atomic E-state index is 12.1. The third-order valence-electron chi connectivity index (χ3n) is 3.43. The molecule has 0 aromatic heterocycles. The summed E-state index contributed by atoms with van der Waals surface area (Å²) in [5, 5.41) is 3.39. The van der Waals surface area contributed by atoms with Gasteiger partial charge in [-0.15, -0.1) is 0 Å². The molecule has 1 aliphatic rings. The van der Waals surface area contributed by atoms with Gasteiger partial charge in [-0.3, -0.25) is 4.79 Å². The summed E-state index contributed by atoms with van der Waals surface area (Å²) in [5.41, 5.74) is 1.65. The molecule has 20 heavy (non-hydrogen) atoms. The lowest BCUT2D eigenvalue weighted by molar-refractivity contribution is 0.0950. The Labute approximate surface area is 122 Å². The highest BCUT2D eigenvalue weighted by atomic mass is 35.5. The number of amides is 1. The quantitative estimate of drug-likeness (QED) is 0.941. The second-order valence-electron chi connectivity index (χ2n) is 4.74. The molecule has 0 unspecified atom stereocenters. The molecule has 1 amide bonds. The van der Waals surface area contributed by atoms with E-state index < -0.39 is 0 Å². The van der Waals surface area contributed by atoms with Gasteiger partial charge in [0.15, 0.2) is 0 Å². The molecule has 1 atom stereocenters. The molecular formula is C16H14ClNO2. The summed E-state index contributed by atoms with van der Waals surface area (Å²) in [6.07, 6.45) is 0. The van der Waals surface area contributed by atoms with Crippen LogP contribution in [-0.4, -0.2) is 19.1 Å². The highest BCUT2D eigenvalue weighted by Crippen LogP contribution is 2.32. The standard InChI is InChI=1S/C16H14ClNO2/c17-14-7-3-1-6-13(14)16(19)18-9-11-10-20-15-8-4-2-5-12(11)15/h1-8,11H,9-10H2,(H,18,19)/t11-/m1/s1. The van der Waals surface area contributed by atoms with E-state index in [0.29, 0.717) is 23.7 Å². The number of hydrogen-bond acceptors (Lipinski definition) is 2. The molecule has 0 saturated heterocycles. The van der Waals surface area contributed by atoms with E-state index in [2.05, 4.69) is 5.32 Å². The molecule has 1 heterocycles. The minimum Gasteiger partial charge on any atom is -0.493 e. The van der Waals surface area contributed by atoms with Gasteiger partial charge in [-0.05, 0) is 18.2 Å². The number of ether oxygens (including phenoxy) is 1. The van der Waals surface area contributed by atoms with Crippen LogP contribution in [0.25, 0.3) is 0 Å². The van der Waals surface area contributed by atoms with Gasteiger partial charge in [-0.2, -0.15) is 0 Å². The van der Waals surface area contributed by atoms with Gasteiger partial charge in [-0.1, -0.05) is 41.9 Å². The van der Waals surface area contributed by atoms with Gasteiger partial charge in [0.2, 0.25) is 0 Å². The number of carbonyl (C=O) groups excluding carboxylic acids is 1. The maximum atomic E-state index is 12.1. The minimum atomic E-state index is -0.153. The van der Waals surface area contributed by atoms with Gasteiger partial charge in [-0.25, -0.2) is 0 Å². The van der Waals surface area contributed by atoms with E-state index in [4.69, 9.17) is 16.3 Å². The van der Waals surface area contributed by atoms with Crippen molar-refractivity contribution < 1.29 is 9.53 Å². The van der Waals surface area contributed by atoms with Gasteiger partial charge in [0, 0.05) is 18.0 Å². The summed E-state index contributed by atoms with van der Waals surface area (Å²) < 4.78 is 5.60. The highest BCUT2D eigenvalue weighted by molar-refractivity contribution is 6.33. The van der Waals surface area contributed by atoms with Gasteiger partial charge in [0.1, 0.15) is 5.75 Å². The Hall–Kier alpha value is -2.00. The molecule has 102 valence electrons. The van der Waals surface area contributed by atoms with Crippen LogP contribution in [0.4, 0.5) is 0 Å². The molecule has 0 bridgehead atoms. The monoisotopic (exact) mass is 287 g/mol. The Morgan fingerprint density at radius 1 is 1.20 bits per heavy atom. The number of para-hydroxylation sites is 1. The molecule has 2 aromatic rings. The lowest BCUT2D eigenvalue weighted by atomic mass is 10.0. The Kier molecular flexibility index (Phi) is 3.61. The van der Waals surface area contributed by atoms with Crippen LogP contribution in [-0.2, 0) is 0 Å². The van der Waals surface area contributed by atoms with Crippen LogP contribution < -0.4 is 10.1 Å². The number of halogens is 1. The molecule has 0 aliphatic carbocycles.